The number of fused-ring (bicyclic) bond motifs is 1. The molecule has 0 fully saturated rings. The van der Waals surface area contributed by atoms with Crippen molar-refractivity contribution in [2.24, 2.45) is 0 Å². The van der Waals surface area contributed by atoms with Crippen molar-refractivity contribution in [3.63, 3.8) is 0 Å². The molecule has 2 aromatic carbocycles. The lowest BCUT2D eigenvalue weighted by atomic mass is 9.88. The molecule has 162 valence electrons. The summed E-state index contributed by atoms with van der Waals surface area (Å²) in [7, 11) is 3.53. The van der Waals surface area contributed by atoms with Crippen molar-refractivity contribution in [1.29, 1.82) is 0 Å². The third-order valence-electron chi connectivity index (χ3n) is 5.59. The monoisotopic (exact) mass is 412 g/mol. The van der Waals surface area contributed by atoms with E-state index in [9.17, 15) is 15.0 Å². The summed E-state index contributed by atoms with van der Waals surface area (Å²) in [5, 5.41) is 23.2. The van der Waals surface area contributed by atoms with Crippen molar-refractivity contribution in [3.05, 3.63) is 59.2 Å². The normalized spacial score (nSPS) is 16.6. The Labute approximate surface area is 178 Å². The number of nitrogens with zero attached hydrogens (tertiary/aromatic N) is 1. The van der Waals surface area contributed by atoms with Gasteiger partial charge in [-0.1, -0.05) is 18.2 Å². The second kappa shape index (κ2) is 10.5. The molecule has 0 radical (unpaired) electrons. The van der Waals surface area contributed by atoms with Crippen molar-refractivity contribution in [2.75, 3.05) is 27.2 Å². The molecular weight excluding hydrogens is 380 g/mol. The molecule has 0 saturated heterocycles. The van der Waals surface area contributed by atoms with Crippen LogP contribution in [-0.2, 0) is 17.6 Å². The molecule has 0 saturated carbocycles. The molecule has 1 aliphatic carbocycles. The molecule has 30 heavy (non-hydrogen) atoms. The third-order valence-corrected chi connectivity index (χ3v) is 5.59. The van der Waals surface area contributed by atoms with Crippen molar-refractivity contribution in [2.45, 2.75) is 44.2 Å². The summed E-state index contributed by atoms with van der Waals surface area (Å²) < 4.78 is 5.85. The quantitative estimate of drug-likeness (QED) is 0.552. The zero-order valence-corrected chi connectivity index (χ0v) is 17.8. The first kappa shape index (κ1) is 22.1. The molecule has 2 atom stereocenters. The molecule has 0 aromatic heterocycles. The molecule has 0 unspecified atom stereocenters. The minimum absolute atomic E-state index is 0.118. The first-order chi connectivity index (χ1) is 14.4. The smallest absolute Gasteiger partial charge is 0.222 e. The maximum absolute atomic E-state index is 11.6. The first-order valence-corrected chi connectivity index (χ1v) is 10.6. The Morgan fingerprint density at radius 3 is 2.70 bits per heavy atom. The molecule has 1 aliphatic rings. The van der Waals surface area contributed by atoms with Crippen LogP contribution in [0, 0.1) is 0 Å². The zero-order chi connectivity index (χ0) is 21.5. The first-order valence-electron chi connectivity index (χ1n) is 10.6. The van der Waals surface area contributed by atoms with E-state index in [1.54, 1.807) is 43.3 Å². The SMILES string of the molecule is CN(C)C(=O)CCCOc1ccc2c(c1)C[C@@H](NC[C@@H](O)c1ccc(O)cc1)CC2. The van der Waals surface area contributed by atoms with Gasteiger partial charge in [-0.25, -0.2) is 0 Å². The molecular formula is C24H32N2O4. The standard InChI is InChI=1S/C24H32N2O4/c1-26(2)24(29)4-3-13-30-22-12-8-17-5-9-20(14-19(17)15-22)25-16-23(28)18-6-10-21(27)11-7-18/h6-8,10-12,15,20,23,25,27-28H,3-5,9,13-14,16H2,1-2H3/t20-,23+/m0/s1. The fraction of sp³-hybridized carbons (Fsp3) is 0.458. The van der Waals surface area contributed by atoms with Gasteiger partial charge in [-0.2, -0.15) is 0 Å². The van der Waals surface area contributed by atoms with Crippen LogP contribution >= 0.6 is 0 Å². The zero-order valence-electron chi connectivity index (χ0n) is 17.8. The summed E-state index contributed by atoms with van der Waals surface area (Å²) >= 11 is 0. The van der Waals surface area contributed by atoms with Gasteiger partial charge in [0.1, 0.15) is 11.5 Å². The number of carbonyl (C=O) groups is 1. The summed E-state index contributed by atoms with van der Waals surface area (Å²) in [6.07, 6.45) is 3.52. The van der Waals surface area contributed by atoms with Crippen molar-refractivity contribution in [1.82, 2.24) is 10.2 Å². The Bertz CT molecular complexity index is 836. The summed E-state index contributed by atoms with van der Waals surface area (Å²) in [5.74, 6) is 1.16. The minimum atomic E-state index is -0.605. The highest BCUT2D eigenvalue weighted by Gasteiger charge is 2.20. The number of ether oxygens (including phenoxy) is 1. The van der Waals surface area contributed by atoms with Crippen LogP contribution in [0.3, 0.4) is 0 Å². The van der Waals surface area contributed by atoms with Crippen LogP contribution in [0.2, 0.25) is 0 Å². The van der Waals surface area contributed by atoms with Gasteiger partial charge >= 0.3 is 0 Å². The van der Waals surface area contributed by atoms with E-state index in [-0.39, 0.29) is 11.7 Å². The largest absolute Gasteiger partial charge is 0.508 e. The molecule has 2 aromatic rings. The van der Waals surface area contributed by atoms with Gasteiger partial charge in [0.2, 0.25) is 5.91 Å². The molecule has 1 amide bonds. The third kappa shape index (κ3) is 6.21. The molecule has 3 rings (SSSR count). The Morgan fingerprint density at radius 2 is 1.97 bits per heavy atom. The number of aliphatic hydroxyl groups is 1. The van der Waals surface area contributed by atoms with Gasteiger partial charge < -0.3 is 25.2 Å². The number of benzene rings is 2. The van der Waals surface area contributed by atoms with Gasteiger partial charge in [-0.3, -0.25) is 4.79 Å². The number of hydrogen-bond acceptors (Lipinski definition) is 5. The number of amides is 1. The molecule has 6 nitrogen and oxygen atoms in total. The number of nitrogens with one attached hydrogen (secondary N) is 1. The maximum atomic E-state index is 11.6. The lowest BCUT2D eigenvalue weighted by Crippen LogP contribution is -2.37. The molecule has 3 N–H and O–H groups in total. The maximum Gasteiger partial charge on any atom is 0.222 e. The van der Waals surface area contributed by atoms with Crippen LogP contribution in [0.5, 0.6) is 11.5 Å². The summed E-state index contributed by atoms with van der Waals surface area (Å²) in [4.78, 5) is 13.2. The van der Waals surface area contributed by atoms with Crippen LogP contribution in [0.4, 0.5) is 0 Å². The van der Waals surface area contributed by atoms with E-state index >= 15 is 0 Å². The number of phenolic OH excluding ortho intramolecular Hbond substituents is 1. The van der Waals surface area contributed by atoms with Crippen molar-refractivity contribution in [3.8, 4) is 11.5 Å². The van der Waals surface area contributed by atoms with E-state index in [0.29, 0.717) is 32.0 Å². The number of carbonyl (C=O) groups excluding carboxylic acids is 1. The van der Waals surface area contributed by atoms with Gasteiger partial charge in [-0.05, 0) is 66.6 Å². The Kier molecular flexibility index (Phi) is 7.71. The average molecular weight is 413 g/mol. The number of rotatable bonds is 9. The summed E-state index contributed by atoms with van der Waals surface area (Å²) in [6.45, 7) is 1.000. The van der Waals surface area contributed by atoms with Crippen LogP contribution in [0.1, 0.15) is 42.1 Å². The molecule has 0 spiro atoms. The van der Waals surface area contributed by atoms with Crippen molar-refractivity contribution >= 4 is 5.91 Å². The van der Waals surface area contributed by atoms with Gasteiger partial charge in [0, 0.05) is 33.1 Å². The lowest BCUT2D eigenvalue weighted by molar-refractivity contribution is -0.128. The number of aryl methyl sites for hydroxylation is 1. The highest BCUT2D eigenvalue weighted by Crippen LogP contribution is 2.26. The molecule has 0 heterocycles. The topological polar surface area (TPSA) is 82.0 Å². The van der Waals surface area contributed by atoms with Crippen LogP contribution in [0.25, 0.3) is 0 Å². The highest BCUT2D eigenvalue weighted by atomic mass is 16.5. The second-order valence-electron chi connectivity index (χ2n) is 8.13. The summed E-state index contributed by atoms with van der Waals surface area (Å²) in [6, 6.07) is 13.2. The van der Waals surface area contributed by atoms with Gasteiger partial charge in [0.05, 0.1) is 12.7 Å². The van der Waals surface area contributed by atoms with Gasteiger partial charge in [0.25, 0.3) is 0 Å². The van der Waals surface area contributed by atoms with E-state index < -0.39 is 6.10 Å². The molecule has 0 bridgehead atoms. The van der Waals surface area contributed by atoms with E-state index in [1.165, 1.54) is 11.1 Å². The highest BCUT2D eigenvalue weighted by molar-refractivity contribution is 5.75. The predicted molar refractivity (Wildman–Crippen MR) is 117 cm³/mol. The second-order valence-corrected chi connectivity index (χ2v) is 8.13. The van der Waals surface area contributed by atoms with E-state index in [2.05, 4.69) is 17.4 Å². The van der Waals surface area contributed by atoms with Crippen LogP contribution in [-0.4, -0.2) is 54.3 Å². The number of hydrogen-bond donors (Lipinski definition) is 3. The minimum Gasteiger partial charge on any atom is -0.508 e. The van der Waals surface area contributed by atoms with E-state index in [1.807, 2.05) is 6.07 Å². The van der Waals surface area contributed by atoms with Gasteiger partial charge in [-0.15, -0.1) is 0 Å². The Balaban J connectivity index is 1.47. The van der Waals surface area contributed by atoms with Crippen molar-refractivity contribution < 1.29 is 19.7 Å². The van der Waals surface area contributed by atoms with Crippen LogP contribution < -0.4 is 10.1 Å². The van der Waals surface area contributed by atoms with Gasteiger partial charge in [0.15, 0.2) is 0 Å². The predicted octanol–water partition coefficient (Wildman–Crippen LogP) is 2.82. The summed E-state index contributed by atoms with van der Waals surface area (Å²) in [5.41, 5.74) is 3.42. The average Bonchev–Trinajstić information content (AvgIpc) is 2.75. The molecule has 6 heteroatoms. The molecule has 0 aliphatic heterocycles. The lowest BCUT2D eigenvalue weighted by Gasteiger charge is -2.27. The number of aliphatic hydroxyl groups excluding tert-OH is 1. The number of aromatic hydroxyl groups is 1. The fourth-order valence-electron chi connectivity index (χ4n) is 3.73. The fourth-order valence-corrected chi connectivity index (χ4v) is 3.73. The van der Waals surface area contributed by atoms with E-state index in [0.717, 1.165) is 30.6 Å². The van der Waals surface area contributed by atoms with Crippen LogP contribution in [0.15, 0.2) is 42.5 Å². The van der Waals surface area contributed by atoms with E-state index in [4.69, 9.17) is 4.74 Å². The Morgan fingerprint density at radius 1 is 1.20 bits per heavy atom. The Hall–Kier alpha value is -2.57. The number of phenols is 1.